The Morgan fingerprint density at radius 3 is 2.56 bits per heavy atom. The van der Waals surface area contributed by atoms with E-state index in [2.05, 4.69) is 35.5 Å². The molecule has 1 heterocycles. The van der Waals surface area contributed by atoms with Gasteiger partial charge in [0.2, 0.25) is 0 Å². The van der Waals surface area contributed by atoms with Gasteiger partial charge < -0.3 is 10.6 Å². The predicted molar refractivity (Wildman–Crippen MR) is 107 cm³/mol. The molecule has 0 unspecified atom stereocenters. The minimum Gasteiger partial charge on any atom is -0.354 e. The van der Waals surface area contributed by atoms with Crippen LogP contribution in [0.3, 0.4) is 0 Å². The minimum atomic E-state index is -0.249. The maximum atomic E-state index is 12.5. The number of amides is 1. The lowest BCUT2D eigenvalue weighted by Gasteiger charge is -2.13. The number of pyridine rings is 1. The van der Waals surface area contributed by atoms with Gasteiger partial charge in [-0.2, -0.15) is 5.26 Å². The molecule has 1 amide bonds. The van der Waals surface area contributed by atoms with E-state index in [1.165, 1.54) is 0 Å². The summed E-state index contributed by atoms with van der Waals surface area (Å²) in [7, 11) is 0. The number of carbonyl (C=O) groups excluding carboxylic acids is 1. The van der Waals surface area contributed by atoms with Gasteiger partial charge in [-0.25, -0.2) is 4.98 Å². The number of anilines is 3. The van der Waals surface area contributed by atoms with Crippen LogP contribution in [0.15, 0.2) is 66.9 Å². The lowest BCUT2D eigenvalue weighted by Crippen LogP contribution is -2.15. The summed E-state index contributed by atoms with van der Waals surface area (Å²) >= 11 is 0. The van der Waals surface area contributed by atoms with Crippen molar-refractivity contribution in [2.45, 2.75) is 19.8 Å². The molecule has 0 radical (unpaired) electrons. The number of nitrogens with one attached hydrogen (secondary N) is 2. The normalized spacial score (nSPS) is 10.3. The van der Waals surface area contributed by atoms with Gasteiger partial charge in [0, 0.05) is 11.4 Å². The summed E-state index contributed by atoms with van der Waals surface area (Å²) in [6.45, 7) is 4.18. The maximum absolute atomic E-state index is 12.5. The third-order valence-electron chi connectivity index (χ3n) is 4.11. The quantitative estimate of drug-likeness (QED) is 0.669. The number of hydrogen-bond acceptors (Lipinski definition) is 4. The monoisotopic (exact) mass is 356 g/mol. The molecule has 0 aliphatic heterocycles. The van der Waals surface area contributed by atoms with E-state index in [0.717, 1.165) is 22.6 Å². The molecule has 0 bridgehead atoms. The SMILES string of the molecule is CC(C)c1ccccc1NC(=O)c1ccc(Nc2cccc(C#N)c2)cn1. The molecular weight excluding hydrogens is 336 g/mol. The van der Waals surface area contributed by atoms with Crippen LogP contribution < -0.4 is 10.6 Å². The van der Waals surface area contributed by atoms with Gasteiger partial charge in [0.1, 0.15) is 5.69 Å². The first-order chi connectivity index (χ1) is 13.1. The van der Waals surface area contributed by atoms with Gasteiger partial charge in [0.25, 0.3) is 5.91 Å². The van der Waals surface area contributed by atoms with E-state index in [1.54, 1.807) is 30.5 Å². The Balaban J connectivity index is 1.72. The molecule has 0 spiro atoms. The smallest absolute Gasteiger partial charge is 0.274 e. The van der Waals surface area contributed by atoms with Crippen LogP contribution in [0.1, 0.15) is 41.4 Å². The molecule has 0 saturated heterocycles. The molecule has 1 aromatic heterocycles. The molecular formula is C22H20N4O. The van der Waals surface area contributed by atoms with Crippen LogP contribution in [0, 0.1) is 11.3 Å². The number of carbonyl (C=O) groups is 1. The average molecular weight is 356 g/mol. The molecule has 0 aliphatic rings. The lowest BCUT2D eigenvalue weighted by molar-refractivity contribution is 0.102. The van der Waals surface area contributed by atoms with Crippen molar-refractivity contribution in [3.63, 3.8) is 0 Å². The molecule has 134 valence electrons. The zero-order chi connectivity index (χ0) is 19.2. The maximum Gasteiger partial charge on any atom is 0.274 e. The van der Waals surface area contributed by atoms with E-state index in [9.17, 15) is 4.79 Å². The van der Waals surface area contributed by atoms with E-state index in [1.807, 2.05) is 36.4 Å². The largest absolute Gasteiger partial charge is 0.354 e. The molecule has 0 atom stereocenters. The van der Waals surface area contributed by atoms with Gasteiger partial charge in [0.15, 0.2) is 0 Å². The Morgan fingerprint density at radius 2 is 1.85 bits per heavy atom. The van der Waals surface area contributed by atoms with E-state index >= 15 is 0 Å². The highest BCUT2D eigenvalue weighted by Gasteiger charge is 2.12. The summed E-state index contributed by atoms with van der Waals surface area (Å²) in [5, 5.41) is 15.1. The molecule has 27 heavy (non-hydrogen) atoms. The summed E-state index contributed by atoms with van der Waals surface area (Å²) in [5.74, 6) is 0.0614. The van der Waals surface area contributed by atoms with Gasteiger partial charge in [-0.15, -0.1) is 0 Å². The third kappa shape index (κ3) is 4.50. The second-order valence-corrected chi connectivity index (χ2v) is 6.45. The Hall–Kier alpha value is -3.65. The highest BCUT2D eigenvalue weighted by Crippen LogP contribution is 2.24. The van der Waals surface area contributed by atoms with Crippen molar-refractivity contribution in [1.29, 1.82) is 5.26 Å². The zero-order valence-corrected chi connectivity index (χ0v) is 15.2. The summed E-state index contributed by atoms with van der Waals surface area (Å²) in [6.07, 6.45) is 1.60. The topological polar surface area (TPSA) is 77.8 Å². The van der Waals surface area contributed by atoms with Gasteiger partial charge in [-0.05, 0) is 47.9 Å². The van der Waals surface area contributed by atoms with Gasteiger partial charge in [-0.1, -0.05) is 38.1 Å². The van der Waals surface area contributed by atoms with Crippen LogP contribution in [0.5, 0.6) is 0 Å². The lowest BCUT2D eigenvalue weighted by atomic mass is 10.0. The van der Waals surface area contributed by atoms with Crippen molar-refractivity contribution in [3.05, 3.63) is 83.7 Å². The first kappa shape index (κ1) is 18.2. The molecule has 3 rings (SSSR count). The van der Waals surface area contributed by atoms with Crippen molar-refractivity contribution >= 4 is 23.0 Å². The van der Waals surface area contributed by atoms with Crippen molar-refractivity contribution in [1.82, 2.24) is 4.98 Å². The molecule has 2 N–H and O–H groups in total. The van der Waals surface area contributed by atoms with Crippen molar-refractivity contribution in [3.8, 4) is 6.07 Å². The molecule has 3 aromatic rings. The number of hydrogen-bond donors (Lipinski definition) is 2. The van der Waals surface area contributed by atoms with Gasteiger partial charge >= 0.3 is 0 Å². The fourth-order valence-corrected chi connectivity index (χ4v) is 2.74. The molecule has 5 nitrogen and oxygen atoms in total. The number of nitriles is 1. The van der Waals surface area contributed by atoms with E-state index in [4.69, 9.17) is 5.26 Å². The Kier molecular flexibility index (Phi) is 5.48. The Morgan fingerprint density at radius 1 is 1.04 bits per heavy atom. The molecule has 0 fully saturated rings. The van der Waals surface area contributed by atoms with E-state index in [-0.39, 0.29) is 5.91 Å². The van der Waals surface area contributed by atoms with Crippen LogP contribution >= 0.6 is 0 Å². The molecule has 5 heteroatoms. The third-order valence-corrected chi connectivity index (χ3v) is 4.11. The molecule has 0 saturated carbocycles. The minimum absolute atomic E-state index is 0.249. The summed E-state index contributed by atoms with van der Waals surface area (Å²) < 4.78 is 0. The summed E-state index contributed by atoms with van der Waals surface area (Å²) in [6, 6.07) is 20.5. The van der Waals surface area contributed by atoms with Crippen LogP contribution in [-0.4, -0.2) is 10.9 Å². The molecule has 0 aliphatic carbocycles. The Labute approximate surface area is 158 Å². The summed E-state index contributed by atoms with van der Waals surface area (Å²) in [5.41, 5.74) is 4.33. The van der Waals surface area contributed by atoms with Crippen LogP contribution in [0.25, 0.3) is 0 Å². The van der Waals surface area contributed by atoms with Crippen molar-refractivity contribution < 1.29 is 4.79 Å². The predicted octanol–water partition coefficient (Wildman–Crippen LogP) is 5.07. The first-order valence-corrected chi connectivity index (χ1v) is 8.70. The number of rotatable bonds is 5. The second-order valence-electron chi connectivity index (χ2n) is 6.45. The van der Waals surface area contributed by atoms with Crippen molar-refractivity contribution in [2.75, 3.05) is 10.6 Å². The standard InChI is InChI=1S/C22H20N4O/c1-15(2)19-8-3-4-9-20(19)26-22(27)21-11-10-18(14-24-21)25-17-7-5-6-16(12-17)13-23/h3-12,14-15,25H,1-2H3,(H,26,27). The average Bonchev–Trinajstić information content (AvgIpc) is 2.69. The van der Waals surface area contributed by atoms with Crippen LogP contribution in [0.2, 0.25) is 0 Å². The fraction of sp³-hybridized carbons (Fsp3) is 0.136. The first-order valence-electron chi connectivity index (χ1n) is 8.70. The molecule has 2 aromatic carbocycles. The van der Waals surface area contributed by atoms with Crippen LogP contribution in [-0.2, 0) is 0 Å². The van der Waals surface area contributed by atoms with Crippen molar-refractivity contribution in [2.24, 2.45) is 0 Å². The van der Waals surface area contributed by atoms with Gasteiger partial charge in [0.05, 0.1) is 23.5 Å². The second kappa shape index (κ2) is 8.15. The highest BCUT2D eigenvalue weighted by molar-refractivity contribution is 6.03. The van der Waals surface area contributed by atoms with Crippen LogP contribution in [0.4, 0.5) is 17.1 Å². The van der Waals surface area contributed by atoms with E-state index in [0.29, 0.717) is 17.2 Å². The number of benzene rings is 2. The van der Waals surface area contributed by atoms with Gasteiger partial charge in [-0.3, -0.25) is 4.79 Å². The van der Waals surface area contributed by atoms with E-state index < -0.39 is 0 Å². The number of nitrogens with zero attached hydrogens (tertiary/aromatic N) is 2. The number of para-hydroxylation sites is 1. The zero-order valence-electron chi connectivity index (χ0n) is 15.2. The Bertz CT molecular complexity index is 988. The number of aromatic nitrogens is 1. The fourth-order valence-electron chi connectivity index (χ4n) is 2.74. The summed E-state index contributed by atoms with van der Waals surface area (Å²) in [4.78, 5) is 16.8. The highest BCUT2D eigenvalue weighted by atomic mass is 16.1.